The van der Waals surface area contributed by atoms with Gasteiger partial charge >= 0.3 is 0 Å². The van der Waals surface area contributed by atoms with Crippen LogP contribution in [-0.2, 0) is 7.05 Å². The van der Waals surface area contributed by atoms with Crippen LogP contribution in [0, 0.1) is 17.7 Å². The third-order valence-electron chi connectivity index (χ3n) is 4.38. The zero-order valence-electron chi connectivity index (χ0n) is 20.7. The van der Waals surface area contributed by atoms with Crippen LogP contribution in [0.4, 0.5) is 4.39 Å². The Labute approximate surface area is 174 Å². The number of aromatic nitrogens is 3. The molecular weight excluding hydrogens is 367 g/mol. The first-order valence-electron chi connectivity index (χ1n) is 11.2. The maximum Gasteiger partial charge on any atom is 0.264 e. The Bertz CT molecular complexity index is 1570. The molecule has 1 atom stereocenters. The number of pyridine rings is 1. The maximum absolute atomic E-state index is 14.9. The van der Waals surface area contributed by atoms with E-state index in [2.05, 4.69) is 16.9 Å². The van der Waals surface area contributed by atoms with Gasteiger partial charge in [-0.05, 0) is 36.5 Å². The molecule has 0 unspecified atom stereocenters. The second kappa shape index (κ2) is 7.38. The zero-order chi connectivity index (χ0) is 24.9. The molecule has 2 N–H and O–H groups in total. The van der Waals surface area contributed by atoms with Gasteiger partial charge in [0.05, 0.1) is 29.6 Å². The topological polar surface area (TPSA) is 65.8 Å². The summed E-state index contributed by atoms with van der Waals surface area (Å²) in [5.41, 5.74) is 5.48. The predicted molar refractivity (Wildman–Crippen MR) is 111 cm³/mol. The maximum atomic E-state index is 14.9. The molecule has 5 nitrogen and oxygen atoms in total. The van der Waals surface area contributed by atoms with Crippen molar-refractivity contribution in [1.82, 2.24) is 14.3 Å². The summed E-state index contributed by atoms with van der Waals surface area (Å²) >= 11 is 0. The Kier molecular flexibility index (Phi) is 3.43. The molecule has 0 aliphatic carbocycles. The normalized spacial score (nSPS) is 14.3. The number of halogens is 1. The van der Waals surface area contributed by atoms with Crippen molar-refractivity contribution in [2.45, 2.75) is 13.0 Å². The first kappa shape index (κ1) is 13.5. The van der Waals surface area contributed by atoms with Crippen LogP contribution in [0.2, 0.25) is 0 Å². The van der Waals surface area contributed by atoms with E-state index in [4.69, 9.17) is 12.6 Å². The van der Waals surface area contributed by atoms with Crippen molar-refractivity contribution < 1.29 is 11.2 Å². The predicted octanol–water partition coefficient (Wildman–Crippen LogP) is 3.28. The lowest BCUT2D eigenvalue weighted by Crippen LogP contribution is -2.26. The molecule has 0 saturated heterocycles. The highest BCUT2D eigenvalue weighted by Gasteiger charge is 2.17. The van der Waals surface area contributed by atoms with E-state index in [1.807, 2.05) is 0 Å². The van der Waals surface area contributed by atoms with Gasteiger partial charge in [-0.15, -0.1) is 0 Å². The number of hydrogen-bond donors (Lipinski definition) is 1. The first-order chi connectivity index (χ1) is 16.0. The number of hydrogen-bond acceptors (Lipinski definition) is 3. The van der Waals surface area contributed by atoms with Crippen LogP contribution in [0.25, 0.3) is 16.5 Å². The van der Waals surface area contributed by atoms with Crippen molar-refractivity contribution in [2.75, 3.05) is 0 Å². The van der Waals surface area contributed by atoms with E-state index in [1.165, 1.54) is 29.1 Å². The molecule has 2 aromatic heterocycles. The second-order valence-corrected chi connectivity index (χ2v) is 6.51. The van der Waals surface area contributed by atoms with Crippen molar-refractivity contribution in [2.24, 2.45) is 12.8 Å². The van der Waals surface area contributed by atoms with Crippen molar-refractivity contribution >= 4 is 10.8 Å². The summed E-state index contributed by atoms with van der Waals surface area (Å²) in [5, 5.41) is 4.28. The SMILES string of the molecule is [2H]c1c([2H])c([2H])c(-n2c([C@H](C)N)cc3ccc(F)c(C#Cc4cnn(C)c4)c3c2=O)c([2H])c1[2H]. The number of fused-ring (bicyclic) bond motifs is 1. The number of aryl methyl sites for hydroxylation is 1. The number of rotatable bonds is 2. The standard InChI is InChI=1S/C23H19FN4O/c1-15(25)21-12-17-9-11-20(24)19(10-8-16-13-26-27(2)14-16)22(17)23(29)28(21)18-6-4-3-5-7-18/h3-7,9,11-15H,25H2,1-2H3/t15-/m0/s1/i3D,4D,5D,6D,7D. The van der Waals surface area contributed by atoms with Crippen molar-refractivity contribution in [3.63, 3.8) is 0 Å². The molecule has 4 rings (SSSR count). The Balaban J connectivity index is 2.15. The molecule has 0 fully saturated rings. The molecule has 6 heteroatoms. The lowest BCUT2D eigenvalue weighted by atomic mass is 10.0. The van der Waals surface area contributed by atoms with Gasteiger partial charge in [0.25, 0.3) is 5.56 Å². The molecule has 4 aromatic rings. The van der Waals surface area contributed by atoms with Gasteiger partial charge in [0.2, 0.25) is 0 Å². The van der Waals surface area contributed by atoms with E-state index in [-0.39, 0.29) is 22.3 Å². The summed E-state index contributed by atoms with van der Waals surface area (Å²) < 4.78 is 57.8. The van der Waals surface area contributed by atoms with Crippen LogP contribution < -0.4 is 11.3 Å². The van der Waals surface area contributed by atoms with Crippen LogP contribution in [0.15, 0.2) is 65.6 Å². The second-order valence-electron chi connectivity index (χ2n) is 6.51. The van der Waals surface area contributed by atoms with E-state index in [9.17, 15) is 9.18 Å². The quantitative estimate of drug-likeness (QED) is 0.533. The summed E-state index contributed by atoms with van der Waals surface area (Å²) in [4.78, 5) is 13.8. The summed E-state index contributed by atoms with van der Waals surface area (Å²) in [6.07, 6.45) is 3.13. The minimum Gasteiger partial charge on any atom is -0.323 e. The molecule has 0 aliphatic rings. The fourth-order valence-corrected chi connectivity index (χ4v) is 3.06. The van der Waals surface area contributed by atoms with E-state index < -0.39 is 47.6 Å². The molecule has 29 heavy (non-hydrogen) atoms. The van der Waals surface area contributed by atoms with Gasteiger partial charge in [0, 0.05) is 30.7 Å². The first-order valence-corrected chi connectivity index (χ1v) is 8.74. The number of nitrogens with two attached hydrogens (primary N) is 1. The fourth-order valence-electron chi connectivity index (χ4n) is 3.06. The van der Waals surface area contributed by atoms with Gasteiger partial charge in [-0.25, -0.2) is 4.39 Å². The lowest BCUT2D eigenvalue weighted by molar-refractivity contribution is 0.626. The summed E-state index contributed by atoms with van der Waals surface area (Å²) in [6.45, 7) is 1.60. The average Bonchev–Trinajstić information content (AvgIpc) is 3.22. The average molecular weight is 391 g/mol. The van der Waals surface area contributed by atoms with Gasteiger partial charge < -0.3 is 5.73 Å². The molecule has 0 spiro atoms. The van der Waals surface area contributed by atoms with Gasteiger partial charge in [-0.1, -0.05) is 36.0 Å². The summed E-state index contributed by atoms with van der Waals surface area (Å²) in [5.74, 6) is 4.74. The third kappa shape index (κ3) is 3.44. The molecule has 0 radical (unpaired) electrons. The summed E-state index contributed by atoms with van der Waals surface area (Å²) in [6, 6.07) is 0.450. The minimum atomic E-state index is -0.793. The highest BCUT2D eigenvalue weighted by molar-refractivity contribution is 5.88. The molecule has 0 saturated carbocycles. The van der Waals surface area contributed by atoms with E-state index in [1.54, 1.807) is 20.2 Å². The molecule has 144 valence electrons. The van der Waals surface area contributed by atoms with Gasteiger partial charge in [0.1, 0.15) is 5.82 Å². The van der Waals surface area contributed by atoms with Gasteiger partial charge in [0.15, 0.2) is 0 Å². The van der Waals surface area contributed by atoms with Gasteiger partial charge in [-0.2, -0.15) is 5.10 Å². The van der Waals surface area contributed by atoms with E-state index >= 15 is 0 Å². The molecule has 2 heterocycles. The minimum absolute atomic E-state index is 0.0902. The Morgan fingerprint density at radius 2 is 2.00 bits per heavy atom. The Morgan fingerprint density at radius 1 is 1.24 bits per heavy atom. The Hall–Kier alpha value is -3.69. The molecular formula is C23H19FN4O. The van der Waals surface area contributed by atoms with E-state index in [0.29, 0.717) is 10.9 Å². The van der Waals surface area contributed by atoms with Crippen molar-refractivity contribution in [3.05, 3.63) is 93.8 Å². The van der Waals surface area contributed by atoms with Crippen LogP contribution >= 0.6 is 0 Å². The highest BCUT2D eigenvalue weighted by atomic mass is 19.1. The number of nitrogens with zero attached hydrogens (tertiary/aromatic N) is 3. The van der Waals surface area contributed by atoms with Crippen molar-refractivity contribution in [1.29, 1.82) is 0 Å². The van der Waals surface area contributed by atoms with Crippen LogP contribution in [0.5, 0.6) is 0 Å². The molecule has 2 aromatic carbocycles. The smallest absolute Gasteiger partial charge is 0.264 e. The number of para-hydroxylation sites is 1. The zero-order valence-corrected chi connectivity index (χ0v) is 15.7. The van der Waals surface area contributed by atoms with Crippen LogP contribution in [0.3, 0.4) is 0 Å². The number of benzene rings is 2. The van der Waals surface area contributed by atoms with Gasteiger partial charge in [-0.3, -0.25) is 14.0 Å². The fraction of sp³-hybridized carbons (Fsp3) is 0.130. The van der Waals surface area contributed by atoms with E-state index in [0.717, 1.165) is 4.57 Å². The monoisotopic (exact) mass is 391 g/mol. The molecule has 0 amide bonds. The largest absolute Gasteiger partial charge is 0.323 e. The van der Waals surface area contributed by atoms with Crippen molar-refractivity contribution in [3.8, 4) is 17.5 Å². The Morgan fingerprint density at radius 3 is 2.66 bits per heavy atom. The highest BCUT2D eigenvalue weighted by Crippen LogP contribution is 2.23. The van der Waals surface area contributed by atoms with Crippen LogP contribution in [-0.4, -0.2) is 14.3 Å². The summed E-state index contributed by atoms with van der Waals surface area (Å²) in [7, 11) is 1.71. The molecule has 0 bridgehead atoms. The van der Waals surface area contributed by atoms with Crippen LogP contribution in [0.1, 0.15) is 36.6 Å². The molecule has 0 aliphatic heterocycles. The lowest BCUT2D eigenvalue weighted by Gasteiger charge is -2.17. The third-order valence-corrected chi connectivity index (χ3v) is 4.38.